The highest BCUT2D eigenvalue weighted by Gasteiger charge is 2.51. The number of benzene rings is 11. The van der Waals surface area contributed by atoms with Crippen LogP contribution in [0.2, 0.25) is 0 Å². The van der Waals surface area contributed by atoms with Gasteiger partial charge in [-0.05, 0) is 158 Å². The van der Waals surface area contributed by atoms with Gasteiger partial charge in [0.2, 0.25) is 0 Å². The third-order valence-electron chi connectivity index (χ3n) is 13.6. The molecule has 0 aliphatic heterocycles. The molecule has 0 bridgehead atoms. The summed E-state index contributed by atoms with van der Waals surface area (Å²) in [6, 6.07) is 86.2. The maximum absolute atomic E-state index is 2.49. The lowest BCUT2D eigenvalue weighted by Gasteiger charge is -2.30. The molecule has 0 unspecified atom stereocenters. The third kappa shape index (κ3) is 4.94. The summed E-state index contributed by atoms with van der Waals surface area (Å²) in [5.41, 5.74) is 20.3. The lowest BCUT2D eigenvalue weighted by Crippen LogP contribution is -2.25. The molecule has 0 radical (unpaired) electrons. The molecule has 0 fully saturated rings. The standard InChI is InChI=1S/C61H38/c1-3-15-39(16-4-1)53-34-41-19-7-8-20-42(41)35-55(53)45-29-31-48-47-30-27-43(33-46(47)37-54(56(48)36-45)40-17-5-2-6-18-40)44-28-32-52-51-23-11-14-26-59(51)61(60(52)38-44)57-24-12-9-21-49(57)50-22-10-13-25-58(50)61/h1-38H. The molecule has 0 saturated carbocycles. The van der Waals surface area contributed by atoms with Crippen LogP contribution in [0.4, 0.5) is 0 Å². The average Bonchev–Trinajstić information content (AvgIpc) is 3.80. The van der Waals surface area contributed by atoms with E-state index >= 15 is 0 Å². The molecule has 13 rings (SSSR count). The van der Waals surface area contributed by atoms with Gasteiger partial charge in [0.05, 0.1) is 5.41 Å². The van der Waals surface area contributed by atoms with Crippen molar-refractivity contribution in [3.8, 4) is 66.8 Å². The van der Waals surface area contributed by atoms with E-state index in [1.54, 1.807) is 0 Å². The molecule has 2 aliphatic carbocycles. The van der Waals surface area contributed by atoms with Crippen molar-refractivity contribution < 1.29 is 0 Å². The third-order valence-corrected chi connectivity index (χ3v) is 13.6. The van der Waals surface area contributed by atoms with Crippen LogP contribution < -0.4 is 0 Å². The first kappa shape index (κ1) is 34.1. The van der Waals surface area contributed by atoms with E-state index in [2.05, 4.69) is 231 Å². The Morgan fingerprint density at radius 1 is 0.197 bits per heavy atom. The van der Waals surface area contributed by atoms with Crippen LogP contribution >= 0.6 is 0 Å². The normalized spacial score (nSPS) is 13.0. The van der Waals surface area contributed by atoms with Gasteiger partial charge in [-0.1, -0.05) is 194 Å². The van der Waals surface area contributed by atoms with Crippen LogP contribution in [-0.2, 0) is 5.41 Å². The Hall–Kier alpha value is -7.80. The van der Waals surface area contributed by atoms with Crippen LogP contribution in [-0.4, -0.2) is 0 Å². The molecule has 0 N–H and O–H groups in total. The highest BCUT2D eigenvalue weighted by atomic mass is 14.5. The highest BCUT2D eigenvalue weighted by Crippen LogP contribution is 2.63. The summed E-state index contributed by atoms with van der Waals surface area (Å²) in [6.07, 6.45) is 0. The molecule has 2 aliphatic rings. The molecule has 282 valence electrons. The van der Waals surface area contributed by atoms with Crippen molar-refractivity contribution in [2.45, 2.75) is 5.41 Å². The summed E-state index contributed by atoms with van der Waals surface area (Å²) in [7, 11) is 0. The van der Waals surface area contributed by atoms with Gasteiger partial charge in [0.1, 0.15) is 0 Å². The fourth-order valence-electron chi connectivity index (χ4n) is 11.0. The molecular weight excluding hydrogens is 733 g/mol. The van der Waals surface area contributed by atoms with Crippen LogP contribution in [0.5, 0.6) is 0 Å². The Balaban J connectivity index is 1.01. The summed E-state index contributed by atoms with van der Waals surface area (Å²) < 4.78 is 0. The lowest BCUT2D eigenvalue weighted by molar-refractivity contribution is 0.794. The molecule has 11 aromatic rings. The van der Waals surface area contributed by atoms with E-state index in [-0.39, 0.29) is 5.41 Å². The molecule has 0 saturated heterocycles. The molecule has 11 aromatic carbocycles. The number of rotatable bonds is 4. The van der Waals surface area contributed by atoms with Gasteiger partial charge in [-0.2, -0.15) is 0 Å². The van der Waals surface area contributed by atoms with Crippen LogP contribution in [0, 0.1) is 0 Å². The van der Waals surface area contributed by atoms with Crippen molar-refractivity contribution in [1.29, 1.82) is 0 Å². The zero-order chi connectivity index (χ0) is 40.1. The Kier molecular flexibility index (Phi) is 7.32. The van der Waals surface area contributed by atoms with Crippen molar-refractivity contribution in [2.75, 3.05) is 0 Å². The average molecular weight is 771 g/mol. The number of fused-ring (bicyclic) bond motifs is 14. The van der Waals surface area contributed by atoms with Crippen LogP contribution in [0.25, 0.3) is 99.1 Å². The summed E-state index contributed by atoms with van der Waals surface area (Å²) in [5.74, 6) is 0. The van der Waals surface area contributed by atoms with Gasteiger partial charge < -0.3 is 0 Å². The van der Waals surface area contributed by atoms with E-state index in [1.165, 1.54) is 121 Å². The van der Waals surface area contributed by atoms with Crippen molar-refractivity contribution in [2.24, 2.45) is 0 Å². The number of hydrogen-bond donors (Lipinski definition) is 0. The van der Waals surface area contributed by atoms with E-state index in [0.717, 1.165) is 0 Å². The first-order valence-corrected chi connectivity index (χ1v) is 21.3. The maximum atomic E-state index is 2.49. The minimum atomic E-state index is -0.369. The van der Waals surface area contributed by atoms with Gasteiger partial charge in [-0.3, -0.25) is 0 Å². The zero-order valence-corrected chi connectivity index (χ0v) is 33.4. The molecule has 0 heterocycles. The molecule has 1 spiro atoms. The Morgan fingerprint density at radius 3 is 1.26 bits per heavy atom. The van der Waals surface area contributed by atoms with E-state index in [4.69, 9.17) is 0 Å². The minimum absolute atomic E-state index is 0.369. The molecular formula is C61H38. The fraction of sp³-hybridized carbons (Fsp3) is 0.0164. The van der Waals surface area contributed by atoms with Gasteiger partial charge >= 0.3 is 0 Å². The highest BCUT2D eigenvalue weighted by molar-refractivity contribution is 6.16. The predicted octanol–water partition coefficient (Wildman–Crippen LogP) is 16.2. The molecule has 0 heteroatoms. The van der Waals surface area contributed by atoms with Gasteiger partial charge in [-0.15, -0.1) is 0 Å². The van der Waals surface area contributed by atoms with Crippen LogP contribution in [0.15, 0.2) is 231 Å². The molecule has 0 nitrogen and oxygen atoms in total. The second-order valence-corrected chi connectivity index (χ2v) is 16.7. The minimum Gasteiger partial charge on any atom is -0.0622 e. The van der Waals surface area contributed by atoms with E-state index in [1.807, 2.05) is 0 Å². The second kappa shape index (κ2) is 13.1. The Morgan fingerprint density at radius 2 is 0.639 bits per heavy atom. The molecule has 0 amide bonds. The monoisotopic (exact) mass is 770 g/mol. The van der Waals surface area contributed by atoms with E-state index in [9.17, 15) is 0 Å². The summed E-state index contributed by atoms with van der Waals surface area (Å²) >= 11 is 0. The summed E-state index contributed by atoms with van der Waals surface area (Å²) in [4.78, 5) is 0. The van der Waals surface area contributed by atoms with Crippen LogP contribution in [0.1, 0.15) is 22.3 Å². The topological polar surface area (TPSA) is 0 Å². The van der Waals surface area contributed by atoms with Gasteiger partial charge in [0.15, 0.2) is 0 Å². The molecule has 61 heavy (non-hydrogen) atoms. The fourth-order valence-corrected chi connectivity index (χ4v) is 11.0. The SMILES string of the molecule is c1ccc(-c2cc3ccccc3cc2-c2ccc3c(c2)c(-c2ccccc2)cc2cc(-c4ccc5c(c4)C4(c6ccccc6-c6ccccc64)c4ccccc4-5)ccc23)cc1. The van der Waals surface area contributed by atoms with Crippen molar-refractivity contribution in [3.05, 3.63) is 253 Å². The summed E-state index contributed by atoms with van der Waals surface area (Å²) in [6.45, 7) is 0. The lowest BCUT2D eigenvalue weighted by atomic mass is 9.70. The Bertz CT molecular complexity index is 3510. The van der Waals surface area contributed by atoms with Gasteiger partial charge in [0.25, 0.3) is 0 Å². The predicted molar refractivity (Wildman–Crippen MR) is 257 cm³/mol. The van der Waals surface area contributed by atoms with Gasteiger partial charge in [-0.25, -0.2) is 0 Å². The van der Waals surface area contributed by atoms with E-state index < -0.39 is 0 Å². The summed E-state index contributed by atoms with van der Waals surface area (Å²) in [5, 5.41) is 7.51. The molecule has 0 atom stereocenters. The van der Waals surface area contributed by atoms with Gasteiger partial charge in [0, 0.05) is 0 Å². The largest absolute Gasteiger partial charge is 0.0725 e. The zero-order valence-electron chi connectivity index (χ0n) is 33.4. The van der Waals surface area contributed by atoms with Crippen molar-refractivity contribution in [3.63, 3.8) is 0 Å². The molecule has 0 aromatic heterocycles. The van der Waals surface area contributed by atoms with Crippen molar-refractivity contribution in [1.82, 2.24) is 0 Å². The smallest absolute Gasteiger partial charge is 0.0622 e. The number of hydrogen-bond acceptors (Lipinski definition) is 0. The maximum Gasteiger partial charge on any atom is 0.0725 e. The van der Waals surface area contributed by atoms with E-state index in [0.29, 0.717) is 0 Å². The van der Waals surface area contributed by atoms with Crippen molar-refractivity contribution >= 4 is 32.3 Å². The quantitative estimate of drug-likeness (QED) is 0.156. The van der Waals surface area contributed by atoms with Crippen LogP contribution in [0.3, 0.4) is 0 Å². The Labute approximate surface area is 355 Å². The first-order chi connectivity index (χ1) is 30.2. The second-order valence-electron chi connectivity index (χ2n) is 16.7. The first-order valence-electron chi connectivity index (χ1n) is 21.3.